The van der Waals surface area contributed by atoms with Crippen molar-refractivity contribution in [3.63, 3.8) is 0 Å². The first-order chi connectivity index (χ1) is 17.3. The van der Waals surface area contributed by atoms with Crippen LogP contribution in [0.25, 0.3) is 0 Å². The normalized spacial score (nSPS) is 11.5. The Morgan fingerprint density at radius 3 is 1.37 bits per heavy atom. The molecule has 0 aromatic carbocycles. The highest BCUT2D eigenvalue weighted by molar-refractivity contribution is 4.84. The molecule has 0 saturated carbocycles. The molecule has 0 aliphatic carbocycles. The molecule has 0 aliphatic heterocycles. The minimum atomic E-state index is 1.22. The van der Waals surface area contributed by atoms with Crippen molar-refractivity contribution in [2.45, 2.75) is 194 Å². The van der Waals surface area contributed by atoms with Gasteiger partial charge in [-0.25, -0.2) is 9.13 Å². The third-order valence-corrected chi connectivity index (χ3v) is 7.85. The van der Waals surface area contributed by atoms with Crippen LogP contribution in [-0.2, 0) is 19.5 Å². The molecule has 206 valence electrons. The number of aryl methyl sites for hydroxylation is 2. The summed E-state index contributed by atoms with van der Waals surface area (Å²) in [7, 11) is 0. The molecule has 1 rings (SSSR count). The van der Waals surface area contributed by atoms with Gasteiger partial charge in [0.05, 0.1) is 13.1 Å². The summed E-state index contributed by atoms with van der Waals surface area (Å²) in [6, 6.07) is 0. The van der Waals surface area contributed by atoms with Crippen LogP contribution >= 0.6 is 0 Å². The summed E-state index contributed by atoms with van der Waals surface area (Å²) >= 11 is 0. The first-order valence-corrected chi connectivity index (χ1v) is 16.4. The molecule has 0 fully saturated rings. The molecule has 0 aliphatic rings. The van der Waals surface area contributed by atoms with E-state index in [0.717, 1.165) is 0 Å². The molecular formula is C33H65N2+. The van der Waals surface area contributed by atoms with Crippen molar-refractivity contribution in [2.75, 3.05) is 0 Å². The molecule has 0 amide bonds. The van der Waals surface area contributed by atoms with Crippen molar-refractivity contribution in [2.24, 2.45) is 0 Å². The summed E-state index contributed by atoms with van der Waals surface area (Å²) in [6.07, 6.45) is 40.0. The van der Waals surface area contributed by atoms with Gasteiger partial charge in [0.15, 0.2) is 0 Å². The molecule has 0 atom stereocenters. The van der Waals surface area contributed by atoms with E-state index >= 15 is 0 Å². The van der Waals surface area contributed by atoms with E-state index in [2.05, 4.69) is 42.3 Å². The number of unbranched alkanes of at least 4 members (excludes halogenated alkanes) is 21. The minimum Gasteiger partial charge on any atom is -0.234 e. The second kappa shape index (κ2) is 24.9. The summed E-state index contributed by atoms with van der Waals surface area (Å²) in [5, 5.41) is 0. The van der Waals surface area contributed by atoms with Gasteiger partial charge in [0, 0.05) is 6.42 Å². The Morgan fingerprint density at radius 2 is 0.886 bits per heavy atom. The Labute approximate surface area is 221 Å². The molecule has 1 heterocycles. The van der Waals surface area contributed by atoms with Crippen molar-refractivity contribution in [1.29, 1.82) is 0 Å². The summed E-state index contributed by atoms with van der Waals surface area (Å²) in [4.78, 5) is 0. The van der Waals surface area contributed by atoms with Gasteiger partial charge in [0.1, 0.15) is 12.4 Å². The highest BCUT2D eigenvalue weighted by Crippen LogP contribution is 2.14. The van der Waals surface area contributed by atoms with Crippen LogP contribution in [0.3, 0.4) is 0 Å². The monoisotopic (exact) mass is 490 g/mol. The lowest BCUT2D eigenvalue weighted by Crippen LogP contribution is -2.37. The third-order valence-electron chi connectivity index (χ3n) is 7.85. The Bertz CT molecular complexity index is 547. The number of hydrogen-bond acceptors (Lipinski definition) is 0. The summed E-state index contributed by atoms with van der Waals surface area (Å²) < 4.78 is 5.17. The summed E-state index contributed by atoms with van der Waals surface area (Å²) in [6.45, 7) is 9.37. The molecule has 1 aromatic rings. The number of imidazole rings is 1. The van der Waals surface area contributed by atoms with Crippen LogP contribution in [-0.4, -0.2) is 4.57 Å². The highest BCUT2D eigenvalue weighted by atomic mass is 15.1. The predicted molar refractivity (Wildman–Crippen MR) is 156 cm³/mol. The molecule has 0 radical (unpaired) electrons. The lowest BCUT2D eigenvalue weighted by molar-refractivity contribution is -0.704. The van der Waals surface area contributed by atoms with Crippen molar-refractivity contribution in [3.8, 4) is 0 Å². The van der Waals surface area contributed by atoms with Crippen molar-refractivity contribution in [3.05, 3.63) is 18.2 Å². The van der Waals surface area contributed by atoms with E-state index in [-0.39, 0.29) is 0 Å². The molecule has 0 saturated heterocycles. The molecular weight excluding hydrogens is 424 g/mol. The Kier molecular flexibility index (Phi) is 22.9. The topological polar surface area (TPSA) is 8.81 Å². The van der Waals surface area contributed by atoms with E-state index in [1.807, 2.05) is 0 Å². The van der Waals surface area contributed by atoms with Crippen molar-refractivity contribution >= 4 is 0 Å². The average molecular weight is 490 g/mol. The maximum absolute atomic E-state index is 2.59. The van der Waals surface area contributed by atoms with Crippen LogP contribution in [0.2, 0.25) is 0 Å². The number of nitrogens with zero attached hydrogens (tertiary/aromatic N) is 2. The Balaban J connectivity index is 2.08. The van der Waals surface area contributed by atoms with Crippen LogP contribution in [0.15, 0.2) is 12.4 Å². The zero-order chi connectivity index (χ0) is 25.2. The number of aromatic nitrogens is 2. The molecule has 0 bridgehead atoms. The zero-order valence-corrected chi connectivity index (χ0v) is 24.6. The lowest BCUT2D eigenvalue weighted by atomic mass is 10.0. The van der Waals surface area contributed by atoms with E-state index in [1.165, 1.54) is 174 Å². The van der Waals surface area contributed by atoms with Gasteiger partial charge >= 0.3 is 0 Å². The van der Waals surface area contributed by atoms with Gasteiger partial charge in [-0.1, -0.05) is 143 Å². The Morgan fingerprint density at radius 1 is 0.486 bits per heavy atom. The average Bonchev–Trinajstić information content (AvgIpc) is 3.25. The van der Waals surface area contributed by atoms with E-state index in [0.29, 0.717) is 0 Å². The molecule has 1 aromatic heterocycles. The summed E-state index contributed by atoms with van der Waals surface area (Å²) in [5.41, 5.74) is 0. The predicted octanol–water partition coefficient (Wildman–Crippen LogP) is 10.7. The van der Waals surface area contributed by atoms with Gasteiger partial charge in [0.2, 0.25) is 0 Å². The van der Waals surface area contributed by atoms with Gasteiger partial charge in [0.25, 0.3) is 5.82 Å². The van der Waals surface area contributed by atoms with Gasteiger partial charge in [-0.15, -0.1) is 0 Å². The van der Waals surface area contributed by atoms with Crippen molar-refractivity contribution in [1.82, 2.24) is 4.57 Å². The molecule has 0 spiro atoms. The summed E-state index contributed by atoms with van der Waals surface area (Å²) in [5.74, 6) is 1.59. The zero-order valence-electron chi connectivity index (χ0n) is 24.6. The van der Waals surface area contributed by atoms with Gasteiger partial charge < -0.3 is 0 Å². The van der Waals surface area contributed by atoms with Crippen LogP contribution < -0.4 is 4.57 Å². The number of hydrogen-bond donors (Lipinski definition) is 0. The van der Waals surface area contributed by atoms with Gasteiger partial charge in [-0.05, 0) is 32.1 Å². The van der Waals surface area contributed by atoms with Crippen LogP contribution in [0.1, 0.15) is 181 Å². The Hall–Kier alpha value is -0.790. The quantitative estimate of drug-likeness (QED) is 0.0858. The maximum Gasteiger partial charge on any atom is 0.256 e. The second-order valence-corrected chi connectivity index (χ2v) is 11.3. The molecule has 2 nitrogen and oxygen atoms in total. The molecule has 0 unspecified atom stereocenters. The van der Waals surface area contributed by atoms with E-state index in [9.17, 15) is 0 Å². The van der Waals surface area contributed by atoms with Gasteiger partial charge in [-0.3, -0.25) is 0 Å². The van der Waals surface area contributed by atoms with E-state index < -0.39 is 0 Å². The fraction of sp³-hybridized carbons (Fsp3) is 0.909. The second-order valence-electron chi connectivity index (χ2n) is 11.3. The van der Waals surface area contributed by atoms with E-state index in [1.54, 1.807) is 5.82 Å². The van der Waals surface area contributed by atoms with Crippen molar-refractivity contribution < 1.29 is 4.57 Å². The highest BCUT2D eigenvalue weighted by Gasteiger charge is 2.16. The minimum absolute atomic E-state index is 1.22. The fourth-order valence-corrected chi connectivity index (χ4v) is 5.44. The van der Waals surface area contributed by atoms with Crippen LogP contribution in [0, 0.1) is 0 Å². The number of rotatable bonds is 27. The fourth-order valence-electron chi connectivity index (χ4n) is 5.44. The van der Waals surface area contributed by atoms with Crippen LogP contribution in [0.4, 0.5) is 0 Å². The lowest BCUT2D eigenvalue weighted by Gasteiger charge is -2.06. The largest absolute Gasteiger partial charge is 0.256 e. The first-order valence-electron chi connectivity index (χ1n) is 16.4. The molecule has 0 N–H and O–H groups in total. The maximum atomic E-state index is 2.59. The SMILES string of the molecule is CCCCCCCCCCCCCCCCCC[n+]1ccn(CCCCCCC)c1CCCCC. The van der Waals surface area contributed by atoms with Gasteiger partial charge in [-0.2, -0.15) is 0 Å². The van der Waals surface area contributed by atoms with E-state index in [4.69, 9.17) is 0 Å². The molecule has 2 heteroatoms. The molecule has 35 heavy (non-hydrogen) atoms. The standard InChI is InChI=1S/C33H65N2/c1-4-7-10-12-13-14-15-16-17-18-19-20-21-22-24-27-30-35-32-31-34(29-26-23-11-8-5-2)33(35)28-25-9-6-3/h31-32H,4-30H2,1-3H3/q+1. The van der Waals surface area contributed by atoms with Crippen LogP contribution in [0.5, 0.6) is 0 Å². The first kappa shape index (κ1) is 32.2. The smallest absolute Gasteiger partial charge is 0.234 e. The third kappa shape index (κ3) is 18.2.